The van der Waals surface area contributed by atoms with Crippen LogP contribution in [0, 0.1) is 11.8 Å². The van der Waals surface area contributed by atoms with E-state index in [0.29, 0.717) is 17.7 Å². The highest BCUT2D eigenvalue weighted by molar-refractivity contribution is 9.11. The van der Waals surface area contributed by atoms with Gasteiger partial charge in [0.1, 0.15) is 5.82 Å². The van der Waals surface area contributed by atoms with E-state index in [0.717, 1.165) is 61.2 Å². The Balaban J connectivity index is 0.000000287. The van der Waals surface area contributed by atoms with Gasteiger partial charge in [0.2, 0.25) is 5.91 Å². The molecule has 1 saturated carbocycles. The van der Waals surface area contributed by atoms with Crippen LogP contribution in [0.2, 0.25) is 0 Å². The van der Waals surface area contributed by atoms with Crippen LogP contribution in [0.15, 0.2) is 64.3 Å². The lowest BCUT2D eigenvalue weighted by molar-refractivity contribution is -0.133. The maximum atomic E-state index is 12.2. The van der Waals surface area contributed by atoms with Crippen LogP contribution in [-0.2, 0) is 11.2 Å². The summed E-state index contributed by atoms with van der Waals surface area (Å²) >= 11 is 3.54. The number of aryl methyl sites for hydroxylation is 1. The van der Waals surface area contributed by atoms with Crippen LogP contribution in [0.25, 0.3) is 0 Å². The third-order valence-electron chi connectivity index (χ3n) is 6.11. The summed E-state index contributed by atoms with van der Waals surface area (Å²) in [5.74, 6) is 2.04. The number of pyridine rings is 1. The molecule has 1 aromatic heterocycles. The maximum absolute atomic E-state index is 12.2. The third-order valence-corrected chi connectivity index (χ3v) is 6.79. The predicted octanol–water partition coefficient (Wildman–Crippen LogP) is 5.32. The van der Waals surface area contributed by atoms with Gasteiger partial charge in [0.15, 0.2) is 0 Å². The van der Waals surface area contributed by atoms with Gasteiger partial charge in [-0.3, -0.25) is 9.78 Å². The van der Waals surface area contributed by atoms with Crippen molar-refractivity contribution >= 4 is 27.5 Å². The Morgan fingerprint density at radius 2 is 2.00 bits per heavy atom. The fraction of sp³-hybridized carbons (Fsp3) is 0.480. The molecule has 6 heteroatoms. The van der Waals surface area contributed by atoms with E-state index >= 15 is 0 Å². The number of hydrogen-bond acceptors (Lipinski definition) is 4. The SMILES string of the molecule is C=C/C(Br)=C1/N=C(C2CCN(C(=O)C3CC3)CC2)C=C(C)N1C.CCc1cccnc1. The quantitative estimate of drug-likeness (QED) is 0.580. The number of piperidine rings is 1. The maximum Gasteiger partial charge on any atom is 0.225 e. The standard InChI is InChI=1S/C18H24BrN3O.C7H9N/c1-4-15(19)17-20-16(11-12(2)21(17)3)13-7-9-22(10-8-13)18(23)14-5-6-14;1-2-7-4-3-5-8-6-7/h4,11,13-14H,1,5-10H2,2-3H3;3-6H,2H2,1H3/b17-15+;. The van der Waals surface area contributed by atoms with E-state index in [4.69, 9.17) is 4.99 Å². The average Bonchev–Trinajstić information content (AvgIpc) is 3.66. The van der Waals surface area contributed by atoms with Crippen molar-refractivity contribution in [2.24, 2.45) is 16.8 Å². The zero-order chi connectivity index (χ0) is 22.4. The highest BCUT2D eigenvalue weighted by Crippen LogP contribution is 2.33. The molecule has 31 heavy (non-hydrogen) atoms. The van der Waals surface area contributed by atoms with E-state index in [1.807, 2.05) is 19.3 Å². The van der Waals surface area contributed by atoms with Gasteiger partial charge in [0.25, 0.3) is 0 Å². The summed E-state index contributed by atoms with van der Waals surface area (Å²) in [4.78, 5) is 25.1. The van der Waals surface area contributed by atoms with Crippen LogP contribution in [0.5, 0.6) is 0 Å². The van der Waals surface area contributed by atoms with Gasteiger partial charge in [-0.1, -0.05) is 25.6 Å². The van der Waals surface area contributed by atoms with Crippen molar-refractivity contribution in [1.29, 1.82) is 0 Å². The summed E-state index contributed by atoms with van der Waals surface area (Å²) in [5, 5.41) is 0. The highest BCUT2D eigenvalue weighted by Gasteiger charge is 2.35. The summed E-state index contributed by atoms with van der Waals surface area (Å²) in [6.45, 7) is 9.77. The fourth-order valence-electron chi connectivity index (χ4n) is 3.81. The van der Waals surface area contributed by atoms with Crippen LogP contribution < -0.4 is 0 Å². The Kier molecular flexibility index (Phi) is 8.24. The molecular formula is C25H33BrN4O. The van der Waals surface area contributed by atoms with Crippen molar-refractivity contribution in [1.82, 2.24) is 14.8 Å². The Morgan fingerprint density at radius 1 is 1.29 bits per heavy atom. The number of amides is 1. The lowest BCUT2D eigenvalue weighted by Crippen LogP contribution is -2.41. The Morgan fingerprint density at radius 3 is 2.52 bits per heavy atom. The first-order valence-corrected chi connectivity index (χ1v) is 11.9. The van der Waals surface area contributed by atoms with E-state index in [1.54, 1.807) is 12.3 Å². The van der Waals surface area contributed by atoms with E-state index in [2.05, 4.69) is 63.3 Å². The molecule has 0 N–H and O–H groups in total. The number of halogens is 1. The molecular weight excluding hydrogens is 452 g/mol. The Labute approximate surface area is 194 Å². The van der Waals surface area contributed by atoms with Crippen molar-refractivity contribution in [3.63, 3.8) is 0 Å². The molecule has 0 atom stereocenters. The van der Waals surface area contributed by atoms with E-state index in [9.17, 15) is 4.79 Å². The lowest BCUT2D eigenvalue weighted by atomic mass is 9.90. The molecule has 3 aliphatic rings. The van der Waals surface area contributed by atoms with E-state index in [-0.39, 0.29) is 0 Å². The summed E-state index contributed by atoms with van der Waals surface area (Å²) in [6.07, 6.45) is 12.9. The lowest BCUT2D eigenvalue weighted by Gasteiger charge is -2.34. The predicted molar refractivity (Wildman–Crippen MR) is 131 cm³/mol. The molecule has 0 spiro atoms. The fourth-order valence-corrected chi connectivity index (χ4v) is 4.17. The Bertz CT molecular complexity index is 878. The van der Waals surface area contributed by atoms with E-state index < -0.39 is 0 Å². The molecule has 1 aromatic rings. The van der Waals surface area contributed by atoms with Crippen LogP contribution in [0.3, 0.4) is 0 Å². The van der Waals surface area contributed by atoms with E-state index in [1.165, 1.54) is 11.3 Å². The minimum atomic E-state index is 0.326. The molecule has 4 rings (SSSR count). The summed E-state index contributed by atoms with van der Waals surface area (Å²) in [5.41, 5.74) is 3.61. The van der Waals surface area contributed by atoms with Gasteiger partial charge in [0, 0.05) is 55.8 Å². The first kappa shape index (κ1) is 23.5. The van der Waals surface area contributed by atoms with Gasteiger partial charge in [-0.05, 0) is 72.7 Å². The van der Waals surface area contributed by atoms with Crippen molar-refractivity contribution in [3.05, 3.63) is 64.8 Å². The minimum Gasteiger partial charge on any atom is -0.342 e. The zero-order valence-electron chi connectivity index (χ0n) is 18.9. The number of aliphatic imine (C=N–C) groups is 1. The van der Waals surface area contributed by atoms with Gasteiger partial charge in [-0.25, -0.2) is 4.99 Å². The van der Waals surface area contributed by atoms with Crippen LogP contribution in [-0.4, -0.2) is 46.5 Å². The molecule has 1 saturated heterocycles. The van der Waals surface area contributed by atoms with Gasteiger partial charge >= 0.3 is 0 Å². The van der Waals surface area contributed by atoms with Gasteiger partial charge in [-0.2, -0.15) is 0 Å². The van der Waals surface area contributed by atoms with Crippen LogP contribution in [0.1, 0.15) is 45.1 Å². The summed E-state index contributed by atoms with van der Waals surface area (Å²) in [6, 6.07) is 4.03. The third kappa shape index (κ3) is 6.16. The molecule has 166 valence electrons. The largest absolute Gasteiger partial charge is 0.342 e. The second-order valence-corrected chi connectivity index (χ2v) is 9.20. The smallest absolute Gasteiger partial charge is 0.225 e. The second-order valence-electron chi connectivity index (χ2n) is 8.35. The van der Waals surface area contributed by atoms with Crippen LogP contribution in [0.4, 0.5) is 0 Å². The number of allylic oxidation sites excluding steroid dienone is 4. The number of carbonyl (C=O) groups is 1. The summed E-state index contributed by atoms with van der Waals surface area (Å²) in [7, 11) is 2.02. The molecule has 0 unspecified atom stereocenters. The van der Waals surface area contributed by atoms with Gasteiger partial charge < -0.3 is 9.80 Å². The van der Waals surface area contributed by atoms with Crippen molar-refractivity contribution in [2.75, 3.05) is 20.1 Å². The molecule has 2 aliphatic heterocycles. The molecule has 0 aromatic carbocycles. The van der Waals surface area contributed by atoms with Gasteiger partial charge in [0.05, 0.1) is 4.48 Å². The highest BCUT2D eigenvalue weighted by atomic mass is 79.9. The van der Waals surface area contributed by atoms with Crippen molar-refractivity contribution in [2.45, 2.75) is 46.0 Å². The topological polar surface area (TPSA) is 48.8 Å². The van der Waals surface area contributed by atoms with Crippen molar-refractivity contribution < 1.29 is 4.79 Å². The molecule has 3 heterocycles. The first-order valence-electron chi connectivity index (χ1n) is 11.1. The normalized spacial score (nSPS) is 20.9. The number of rotatable bonds is 4. The van der Waals surface area contributed by atoms with Crippen LogP contribution >= 0.6 is 15.9 Å². The number of carbonyl (C=O) groups excluding carboxylic acids is 1. The molecule has 2 fully saturated rings. The second kappa shape index (κ2) is 10.9. The number of hydrogen-bond donors (Lipinski definition) is 0. The molecule has 1 amide bonds. The average molecular weight is 485 g/mol. The van der Waals surface area contributed by atoms with Gasteiger partial charge in [-0.15, -0.1) is 0 Å². The molecule has 0 bridgehead atoms. The molecule has 5 nitrogen and oxygen atoms in total. The molecule has 1 aliphatic carbocycles. The summed E-state index contributed by atoms with van der Waals surface area (Å²) < 4.78 is 0.909. The Hall–Kier alpha value is -2.21. The van der Waals surface area contributed by atoms with Crippen molar-refractivity contribution in [3.8, 4) is 0 Å². The zero-order valence-corrected chi connectivity index (χ0v) is 20.4. The monoisotopic (exact) mass is 484 g/mol. The first-order chi connectivity index (χ1) is 14.9. The molecule has 0 radical (unpaired) electrons. The number of nitrogens with zero attached hydrogens (tertiary/aromatic N) is 4. The number of likely N-dealkylation sites (tertiary alicyclic amines) is 1. The number of aromatic nitrogens is 1. The minimum absolute atomic E-state index is 0.326.